The number of rotatable bonds is 5. The molecule has 1 aliphatic heterocycles. The SMILES string of the molecule is COc1ccc(OC2CCN(S(=O)(=O)c3ccc(Br)cc3)C2)nn1. The zero-order chi connectivity index (χ0) is 17.2. The van der Waals surface area contributed by atoms with Crippen LogP contribution >= 0.6 is 15.9 Å². The van der Waals surface area contributed by atoms with Gasteiger partial charge in [0.15, 0.2) is 0 Å². The van der Waals surface area contributed by atoms with Gasteiger partial charge in [0.05, 0.1) is 18.6 Å². The quantitative estimate of drug-likeness (QED) is 0.746. The first-order chi connectivity index (χ1) is 11.5. The Morgan fingerprint density at radius 3 is 2.42 bits per heavy atom. The largest absolute Gasteiger partial charge is 0.480 e. The minimum Gasteiger partial charge on any atom is -0.480 e. The Kier molecular flexibility index (Phi) is 5.02. The first kappa shape index (κ1) is 17.1. The van der Waals surface area contributed by atoms with Gasteiger partial charge in [-0.15, -0.1) is 10.2 Å². The molecule has 1 saturated heterocycles. The molecule has 1 fully saturated rings. The van der Waals surface area contributed by atoms with E-state index >= 15 is 0 Å². The molecule has 1 aliphatic rings. The molecule has 9 heteroatoms. The molecule has 2 aromatic rings. The zero-order valence-electron chi connectivity index (χ0n) is 12.9. The summed E-state index contributed by atoms with van der Waals surface area (Å²) in [6.45, 7) is 0.693. The average molecular weight is 414 g/mol. The van der Waals surface area contributed by atoms with Gasteiger partial charge >= 0.3 is 0 Å². The van der Waals surface area contributed by atoms with Crippen LogP contribution < -0.4 is 9.47 Å². The van der Waals surface area contributed by atoms with Gasteiger partial charge in [-0.3, -0.25) is 0 Å². The molecule has 0 amide bonds. The maximum atomic E-state index is 12.6. The van der Waals surface area contributed by atoms with E-state index in [1.165, 1.54) is 11.4 Å². The predicted octanol–water partition coefficient (Wildman–Crippen LogP) is 2.09. The summed E-state index contributed by atoms with van der Waals surface area (Å²) in [5.74, 6) is 0.747. The summed E-state index contributed by atoms with van der Waals surface area (Å²) in [5.41, 5.74) is 0. The lowest BCUT2D eigenvalue weighted by molar-refractivity contribution is 0.203. The van der Waals surface area contributed by atoms with Crippen molar-refractivity contribution in [1.82, 2.24) is 14.5 Å². The Hall–Kier alpha value is -1.71. The molecule has 1 aromatic carbocycles. The highest BCUT2D eigenvalue weighted by Gasteiger charge is 2.33. The van der Waals surface area contributed by atoms with Gasteiger partial charge in [-0.05, 0) is 30.7 Å². The third kappa shape index (κ3) is 3.68. The van der Waals surface area contributed by atoms with Crippen LogP contribution in [0.4, 0.5) is 0 Å². The molecule has 128 valence electrons. The Morgan fingerprint density at radius 1 is 1.12 bits per heavy atom. The Morgan fingerprint density at radius 2 is 1.79 bits per heavy atom. The van der Waals surface area contributed by atoms with Crippen molar-refractivity contribution in [2.75, 3.05) is 20.2 Å². The van der Waals surface area contributed by atoms with Gasteiger partial charge in [-0.2, -0.15) is 4.31 Å². The van der Waals surface area contributed by atoms with Crippen LogP contribution in [0.2, 0.25) is 0 Å². The number of sulfonamides is 1. The lowest BCUT2D eigenvalue weighted by Crippen LogP contribution is -2.31. The zero-order valence-corrected chi connectivity index (χ0v) is 15.3. The smallest absolute Gasteiger partial charge is 0.243 e. The van der Waals surface area contributed by atoms with Crippen LogP contribution in [-0.2, 0) is 10.0 Å². The summed E-state index contributed by atoms with van der Waals surface area (Å²) >= 11 is 3.30. The van der Waals surface area contributed by atoms with Crippen molar-refractivity contribution in [2.24, 2.45) is 0 Å². The first-order valence-corrected chi connectivity index (χ1v) is 9.52. The van der Waals surface area contributed by atoms with Gasteiger partial charge in [0.2, 0.25) is 21.8 Å². The molecule has 0 radical (unpaired) electrons. The number of hydrogen-bond acceptors (Lipinski definition) is 6. The maximum absolute atomic E-state index is 12.6. The van der Waals surface area contributed by atoms with E-state index in [1.807, 2.05) is 0 Å². The summed E-state index contributed by atoms with van der Waals surface area (Å²) in [6, 6.07) is 9.89. The van der Waals surface area contributed by atoms with E-state index in [4.69, 9.17) is 9.47 Å². The van der Waals surface area contributed by atoms with Gasteiger partial charge in [0, 0.05) is 23.2 Å². The van der Waals surface area contributed by atoms with Crippen molar-refractivity contribution < 1.29 is 17.9 Å². The molecule has 3 rings (SSSR count). The molecule has 1 unspecified atom stereocenters. The molecule has 1 atom stereocenters. The van der Waals surface area contributed by atoms with Gasteiger partial charge in [-0.25, -0.2) is 8.42 Å². The van der Waals surface area contributed by atoms with E-state index in [-0.39, 0.29) is 17.5 Å². The van der Waals surface area contributed by atoms with Crippen LogP contribution in [0.5, 0.6) is 11.8 Å². The summed E-state index contributed by atoms with van der Waals surface area (Å²) in [4.78, 5) is 0.274. The fraction of sp³-hybridized carbons (Fsp3) is 0.333. The second-order valence-electron chi connectivity index (χ2n) is 5.26. The van der Waals surface area contributed by atoms with E-state index < -0.39 is 10.0 Å². The summed E-state index contributed by atoms with van der Waals surface area (Å²) in [7, 11) is -2.01. The van der Waals surface area contributed by atoms with E-state index in [2.05, 4.69) is 26.1 Å². The van der Waals surface area contributed by atoms with Crippen LogP contribution in [0.1, 0.15) is 6.42 Å². The van der Waals surface area contributed by atoms with Crippen molar-refractivity contribution in [3.05, 3.63) is 40.9 Å². The van der Waals surface area contributed by atoms with Crippen LogP contribution in [0.3, 0.4) is 0 Å². The van der Waals surface area contributed by atoms with E-state index in [0.717, 1.165) is 4.47 Å². The summed E-state index contributed by atoms with van der Waals surface area (Å²) < 4.78 is 38.2. The lowest BCUT2D eigenvalue weighted by atomic mass is 10.3. The minimum atomic E-state index is -3.51. The standard InChI is InChI=1S/C15H16BrN3O4S/c1-22-14-6-7-15(18-17-14)23-12-8-9-19(10-12)24(20,21)13-4-2-11(16)3-5-13/h2-7,12H,8-10H2,1H3. The summed E-state index contributed by atoms with van der Waals surface area (Å²) in [5, 5.41) is 7.73. The second kappa shape index (κ2) is 7.04. The normalized spacial score (nSPS) is 18.5. The fourth-order valence-electron chi connectivity index (χ4n) is 2.42. The highest BCUT2D eigenvalue weighted by molar-refractivity contribution is 9.10. The molecule has 0 saturated carbocycles. The van der Waals surface area contributed by atoms with Gasteiger partial charge < -0.3 is 9.47 Å². The van der Waals surface area contributed by atoms with Crippen molar-refractivity contribution in [1.29, 1.82) is 0 Å². The highest BCUT2D eigenvalue weighted by atomic mass is 79.9. The molecule has 7 nitrogen and oxygen atoms in total. The Labute approximate surface area is 148 Å². The fourth-order valence-corrected chi connectivity index (χ4v) is 4.17. The molecule has 0 aliphatic carbocycles. The molecule has 24 heavy (non-hydrogen) atoms. The van der Waals surface area contributed by atoms with Crippen LogP contribution in [0.15, 0.2) is 45.8 Å². The van der Waals surface area contributed by atoms with Crippen LogP contribution in [0.25, 0.3) is 0 Å². The van der Waals surface area contributed by atoms with Crippen LogP contribution in [-0.4, -0.2) is 49.2 Å². The van der Waals surface area contributed by atoms with Gasteiger partial charge in [0.1, 0.15) is 6.10 Å². The molecule has 0 spiro atoms. The first-order valence-electron chi connectivity index (χ1n) is 7.29. The third-order valence-corrected chi connectivity index (χ3v) is 6.08. The van der Waals surface area contributed by atoms with E-state index in [0.29, 0.717) is 24.7 Å². The molecule has 2 heterocycles. The third-order valence-electron chi connectivity index (χ3n) is 3.67. The number of nitrogens with zero attached hydrogens (tertiary/aromatic N) is 3. The van der Waals surface area contributed by atoms with Crippen LogP contribution in [0, 0.1) is 0 Å². The molecule has 1 aromatic heterocycles. The topological polar surface area (TPSA) is 81.6 Å². The lowest BCUT2D eigenvalue weighted by Gasteiger charge is -2.17. The van der Waals surface area contributed by atoms with Crippen molar-refractivity contribution in [3.8, 4) is 11.8 Å². The molecular formula is C15H16BrN3O4S. The number of methoxy groups -OCH3 is 1. The predicted molar refractivity (Wildman–Crippen MR) is 90.5 cm³/mol. The number of halogens is 1. The van der Waals surface area contributed by atoms with Gasteiger partial charge in [-0.1, -0.05) is 15.9 Å². The van der Waals surface area contributed by atoms with Crippen molar-refractivity contribution >= 4 is 26.0 Å². The number of aromatic nitrogens is 2. The van der Waals surface area contributed by atoms with Crippen molar-refractivity contribution in [3.63, 3.8) is 0 Å². The van der Waals surface area contributed by atoms with E-state index in [1.54, 1.807) is 36.4 Å². The molecular weight excluding hydrogens is 398 g/mol. The molecule has 0 bridgehead atoms. The van der Waals surface area contributed by atoms with Gasteiger partial charge in [0.25, 0.3) is 0 Å². The average Bonchev–Trinajstić information content (AvgIpc) is 3.05. The van der Waals surface area contributed by atoms with Crippen molar-refractivity contribution in [2.45, 2.75) is 17.4 Å². The minimum absolute atomic E-state index is 0.252. The Bertz CT molecular complexity index is 796. The summed E-state index contributed by atoms with van der Waals surface area (Å²) in [6.07, 6.45) is 0.349. The second-order valence-corrected chi connectivity index (χ2v) is 8.11. The van der Waals surface area contributed by atoms with E-state index in [9.17, 15) is 8.42 Å². The Balaban J connectivity index is 1.66. The number of benzene rings is 1. The molecule has 0 N–H and O–H groups in total. The monoisotopic (exact) mass is 413 g/mol. The number of hydrogen-bond donors (Lipinski definition) is 0. The number of ether oxygens (including phenoxy) is 2. The highest BCUT2D eigenvalue weighted by Crippen LogP contribution is 2.24. The maximum Gasteiger partial charge on any atom is 0.243 e.